The number of pyridine rings is 1. The lowest BCUT2D eigenvalue weighted by atomic mass is 9.99. The molecule has 106 valence electrons. The van der Waals surface area contributed by atoms with Crippen LogP contribution in [-0.2, 0) is 12.7 Å². The summed E-state index contributed by atoms with van der Waals surface area (Å²) in [5.41, 5.74) is 4.74. The molecule has 1 aliphatic rings. The number of aromatic nitrogens is 1. The van der Waals surface area contributed by atoms with E-state index in [9.17, 15) is 18.0 Å². The molecule has 1 aromatic heterocycles. The Balaban J connectivity index is 2.17. The third-order valence-electron chi connectivity index (χ3n) is 3.72. The highest BCUT2D eigenvalue weighted by molar-refractivity contribution is 5.13. The average Bonchev–Trinajstić information content (AvgIpc) is 2.84. The minimum absolute atomic E-state index is 0.146. The predicted octanol–water partition coefficient (Wildman–Crippen LogP) is 2.38. The van der Waals surface area contributed by atoms with Crippen molar-refractivity contribution < 1.29 is 13.2 Å². The van der Waals surface area contributed by atoms with Crippen molar-refractivity contribution >= 4 is 0 Å². The number of rotatable bonds is 3. The summed E-state index contributed by atoms with van der Waals surface area (Å²) < 4.78 is 38.8. The third kappa shape index (κ3) is 3.37. The van der Waals surface area contributed by atoms with Crippen LogP contribution in [-0.4, -0.2) is 10.6 Å². The van der Waals surface area contributed by atoms with Crippen molar-refractivity contribution in [1.29, 1.82) is 0 Å². The molecule has 0 saturated heterocycles. The third-order valence-corrected chi connectivity index (χ3v) is 3.72. The van der Waals surface area contributed by atoms with Gasteiger partial charge in [-0.15, -0.1) is 0 Å². The van der Waals surface area contributed by atoms with E-state index in [0.717, 1.165) is 48.6 Å². The number of nitrogens with zero attached hydrogens (tertiary/aromatic N) is 1. The van der Waals surface area contributed by atoms with E-state index >= 15 is 0 Å². The number of halogens is 3. The zero-order valence-electron chi connectivity index (χ0n) is 10.5. The highest BCUT2D eigenvalue weighted by Gasteiger charge is 2.31. The average molecular weight is 274 g/mol. The molecule has 1 unspecified atom stereocenters. The van der Waals surface area contributed by atoms with E-state index in [2.05, 4.69) is 0 Å². The summed E-state index contributed by atoms with van der Waals surface area (Å²) >= 11 is 0. The van der Waals surface area contributed by atoms with Gasteiger partial charge in [-0.05, 0) is 24.8 Å². The molecule has 1 aromatic rings. The molecule has 1 aliphatic carbocycles. The van der Waals surface area contributed by atoms with E-state index in [1.54, 1.807) is 0 Å². The maximum Gasteiger partial charge on any atom is 0.417 e. The predicted molar refractivity (Wildman–Crippen MR) is 65.6 cm³/mol. The highest BCUT2D eigenvalue weighted by atomic mass is 19.4. The van der Waals surface area contributed by atoms with Crippen molar-refractivity contribution in [2.45, 2.75) is 44.4 Å². The number of hydrogen-bond donors (Lipinski definition) is 1. The summed E-state index contributed by atoms with van der Waals surface area (Å²) in [4.78, 5) is 11.6. The Bertz CT molecular complexity index is 489. The molecule has 0 amide bonds. The standard InChI is InChI=1S/C13H17F3N2O/c14-13(15,16)10-5-6-12(19)18(7-10)8-11(17)9-3-1-2-4-9/h5-7,9,11H,1-4,8,17H2. The van der Waals surface area contributed by atoms with Crippen molar-refractivity contribution in [3.8, 4) is 0 Å². The first-order chi connectivity index (χ1) is 8.88. The van der Waals surface area contributed by atoms with Crippen molar-refractivity contribution in [1.82, 2.24) is 4.57 Å². The van der Waals surface area contributed by atoms with Gasteiger partial charge in [-0.25, -0.2) is 0 Å². The van der Waals surface area contributed by atoms with Crippen LogP contribution in [0.5, 0.6) is 0 Å². The maximum absolute atomic E-state index is 12.6. The van der Waals surface area contributed by atoms with E-state index in [1.807, 2.05) is 0 Å². The second-order valence-corrected chi connectivity index (χ2v) is 5.11. The van der Waals surface area contributed by atoms with Gasteiger partial charge >= 0.3 is 6.18 Å². The monoisotopic (exact) mass is 274 g/mol. The van der Waals surface area contributed by atoms with Gasteiger partial charge in [0, 0.05) is 24.8 Å². The van der Waals surface area contributed by atoms with E-state index in [4.69, 9.17) is 5.73 Å². The van der Waals surface area contributed by atoms with Gasteiger partial charge in [0.25, 0.3) is 5.56 Å². The normalized spacial score (nSPS) is 18.7. The first-order valence-electron chi connectivity index (χ1n) is 6.41. The van der Waals surface area contributed by atoms with Crippen molar-refractivity contribution in [3.63, 3.8) is 0 Å². The van der Waals surface area contributed by atoms with Crippen LogP contribution < -0.4 is 11.3 Å². The second kappa shape index (κ2) is 5.36. The van der Waals surface area contributed by atoms with Gasteiger partial charge in [-0.3, -0.25) is 4.79 Å². The molecule has 1 atom stereocenters. The summed E-state index contributed by atoms with van der Waals surface area (Å²) in [7, 11) is 0. The molecule has 6 heteroatoms. The summed E-state index contributed by atoms with van der Waals surface area (Å²) in [5, 5.41) is 0. The first-order valence-corrected chi connectivity index (χ1v) is 6.41. The van der Waals surface area contributed by atoms with E-state index in [1.165, 1.54) is 0 Å². The molecule has 0 bridgehead atoms. The molecular formula is C13H17F3N2O. The largest absolute Gasteiger partial charge is 0.417 e. The van der Waals surface area contributed by atoms with E-state index in [-0.39, 0.29) is 12.6 Å². The lowest BCUT2D eigenvalue weighted by molar-refractivity contribution is -0.138. The van der Waals surface area contributed by atoms with Crippen LogP contribution in [0.15, 0.2) is 23.1 Å². The van der Waals surface area contributed by atoms with Crippen LogP contribution in [0.1, 0.15) is 31.2 Å². The van der Waals surface area contributed by atoms with Crippen LogP contribution in [0, 0.1) is 5.92 Å². The summed E-state index contributed by atoms with van der Waals surface area (Å²) in [6.07, 6.45) is 0.625. The smallest absolute Gasteiger partial charge is 0.326 e. The molecule has 2 rings (SSSR count). The lowest BCUT2D eigenvalue weighted by Gasteiger charge is -2.20. The zero-order chi connectivity index (χ0) is 14.0. The Kier molecular flexibility index (Phi) is 3.99. The van der Waals surface area contributed by atoms with Gasteiger partial charge < -0.3 is 10.3 Å². The first kappa shape index (κ1) is 14.1. The summed E-state index contributed by atoms with van der Waals surface area (Å²) in [5.74, 6) is 0.307. The Morgan fingerprint density at radius 3 is 2.53 bits per heavy atom. The SMILES string of the molecule is NC(Cn1cc(C(F)(F)F)ccc1=O)C1CCCC1. The number of hydrogen-bond acceptors (Lipinski definition) is 2. The van der Waals surface area contributed by atoms with Gasteiger partial charge in [0.15, 0.2) is 0 Å². The summed E-state index contributed by atoms with van der Waals surface area (Å²) in [6.45, 7) is 0.146. The van der Waals surface area contributed by atoms with Crippen LogP contribution in [0.3, 0.4) is 0 Å². The molecule has 0 aliphatic heterocycles. The molecule has 1 saturated carbocycles. The molecule has 0 aromatic carbocycles. The van der Waals surface area contributed by atoms with E-state index < -0.39 is 17.3 Å². The Morgan fingerprint density at radius 2 is 1.95 bits per heavy atom. The van der Waals surface area contributed by atoms with Crippen molar-refractivity contribution in [3.05, 3.63) is 34.2 Å². The minimum Gasteiger partial charge on any atom is -0.326 e. The second-order valence-electron chi connectivity index (χ2n) is 5.11. The molecule has 0 spiro atoms. The molecule has 2 N–H and O–H groups in total. The molecular weight excluding hydrogens is 257 g/mol. The van der Waals surface area contributed by atoms with Gasteiger partial charge in [0.1, 0.15) is 0 Å². The Labute approximate surface area is 109 Å². The van der Waals surface area contributed by atoms with Crippen LogP contribution in [0.4, 0.5) is 13.2 Å². The van der Waals surface area contributed by atoms with Crippen LogP contribution in [0.25, 0.3) is 0 Å². The van der Waals surface area contributed by atoms with Gasteiger partial charge in [-0.1, -0.05) is 12.8 Å². The molecule has 3 nitrogen and oxygen atoms in total. The van der Waals surface area contributed by atoms with E-state index in [0.29, 0.717) is 5.92 Å². The van der Waals surface area contributed by atoms with Gasteiger partial charge in [-0.2, -0.15) is 13.2 Å². The van der Waals surface area contributed by atoms with Crippen LogP contribution >= 0.6 is 0 Å². The fourth-order valence-electron chi connectivity index (χ4n) is 2.60. The molecule has 19 heavy (non-hydrogen) atoms. The van der Waals surface area contributed by atoms with Crippen molar-refractivity contribution in [2.24, 2.45) is 11.7 Å². The number of nitrogens with two attached hydrogens (primary N) is 1. The van der Waals surface area contributed by atoms with Crippen molar-refractivity contribution in [2.75, 3.05) is 0 Å². The summed E-state index contributed by atoms with van der Waals surface area (Å²) in [6, 6.07) is 1.49. The maximum atomic E-state index is 12.6. The van der Waals surface area contributed by atoms with Crippen LogP contribution in [0.2, 0.25) is 0 Å². The number of alkyl halides is 3. The van der Waals surface area contributed by atoms with Gasteiger partial charge in [0.2, 0.25) is 0 Å². The zero-order valence-corrected chi connectivity index (χ0v) is 10.5. The quantitative estimate of drug-likeness (QED) is 0.920. The highest BCUT2D eigenvalue weighted by Crippen LogP contribution is 2.29. The Hall–Kier alpha value is -1.30. The topological polar surface area (TPSA) is 48.0 Å². The minimum atomic E-state index is -4.44. The lowest BCUT2D eigenvalue weighted by Crippen LogP contribution is -2.37. The fourth-order valence-corrected chi connectivity index (χ4v) is 2.60. The Morgan fingerprint density at radius 1 is 1.32 bits per heavy atom. The molecule has 1 fully saturated rings. The van der Waals surface area contributed by atoms with Gasteiger partial charge in [0.05, 0.1) is 5.56 Å². The molecule has 0 radical (unpaired) electrons. The molecule has 1 heterocycles. The fraction of sp³-hybridized carbons (Fsp3) is 0.615.